The number of ether oxygens (including phenoxy) is 1. The third kappa shape index (κ3) is 3.99. The van der Waals surface area contributed by atoms with Crippen molar-refractivity contribution in [3.63, 3.8) is 0 Å². The maximum Gasteiger partial charge on any atom is 0.225 e. The quantitative estimate of drug-likeness (QED) is 0.653. The van der Waals surface area contributed by atoms with Gasteiger partial charge in [-0.3, -0.25) is 4.98 Å². The van der Waals surface area contributed by atoms with Crippen molar-refractivity contribution in [2.45, 2.75) is 52.2 Å². The van der Waals surface area contributed by atoms with E-state index in [4.69, 9.17) is 9.72 Å². The molecule has 0 spiro atoms. The van der Waals surface area contributed by atoms with Gasteiger partial charge in [-0.25, -0.2) is 15.0 Å². The van der Waals surface area contributed by atoms with Gasteiger partial charge in [-0.15, -0.1) is 0 Å². The molecule has 0 amide bonds. The van der Waals surface area contributed by atoms with E-state index in [0.29, 0.717) is 18.6 Å². The van der Waals surface area contributed by atoms with Gasteiger partial charge in [-0.2, -0.15) is 0 Å². The summed E-state index contributed by atoms with van der Waals surface area (Å²) in [4.78, 5) is 20.6. The normalized spacial score (nSPS) is 15.6. The highest BCUT2D eigenvalue weighted by atomic mass is 16.5. The third-order valence-corrected chi connectivity index (χ3v) is 5.26. The molecule has 0 aromatic carbocycles. The van der Waals surface area contributed by atoms with Crippen molar-refractivity contribution < 1.29 is 4.74 Å². The molecule has 1 saturated heterocycles. The van der Waals surface area contributed by atoms with Crippen molar-refractivity contribution >= 4 is 17.0 Å². The maximum absolute atomic E-state index is 5.74. The minimum Gasteiger partial charge on any atom is -0.378 e. The number of anilines is 1. The van der Waals surface area contributed by atoms with Crippen LogP contribution in [0, 0.1) is 0 Å². The fraction of sp³-hybridized carbons (Fsp3) is 0.524. The standard InChI is InChI=1S/C21H28N6O/c1-4-28-18-6-9-26(10-7-18)21-22-8-5-16(25-21)11-17-12-20-19(13-23-17)24-14-27(20)15(2)3/h5,8,12-15,18H,4,6-7,9-11H2,1-3H3. The van der Waals surface area contributed by atoms with Crippen LogP contribution in [-0.4, -0.2) is 50.3 Å². The van der Waals surface area contributed by atoms with Crippen molar-refractivity contribution in [3.8, 4) is 0 Å². The van der Waals surface area contributed by atoms with Crippen molar-refractivity contribution in [3.05, 3.63) is 42.2 Å². The predicted octanol–water partition coefficient (Wildman–Crippen LogP) is 3.40. The molecule has 7 heteroatoms. The van der Waals surface area contributed by atoms with Crippen LogP contribution < -0.4 is 4.90 Å². The van der Waals surface area contributed by atoms with Crippen LogP contribution >= 0.6 is 0 Å². The Balaban J connectivity index is 1.49. The van der Waals surface area contributed by atoms with Crippen molar-refractivity contribution in [1.82, 2.24) is 24.5 Å². The fourth-order valence-corrected chi connectivity index (χ4v) is 3.76. The molecule has 0 aliphatic carbocycles. The van der Waals surface area contributed by atoms with E-state index in [1.54, 1.807) is 0 Å². The molecule has 1 fully saturated rings. The summed E-state index contributed by atoms with van der Waals surface area (Å²) in [6, 6.07) is 4.46. The van der Waals surface area contributed by atoms with Crippen LogP contribution in [0.1, 0.15) is 51.0 Å². The van der Waals surface area contributed by atoms with E-state index in [9.17, 15) is 0 Å². The van der Waals surface area contributed by atoms with E-state index in [2.05, 4.69) is 51.3 Å². The molecule has 1 aliphatic rings. The van der Waals surface area contributed by atoms with E-state index < -0.39 is 0 Å². The van der Waals surface area contributed by atoms with Crippen LogP contribution in [0.15, 0.2) is 30.9 Å². The highest BCUT2D eigenvalue weighted by Crippen LogP contribution is 2.21. The molecule has 0 radical (unpaired) electrons. The Bertz CT molecular complexity index is 930. The number of fused-ring (bicyclic) bond motifs is 1. The molecule has 0 atom stereocenters. The lowest BCUT2D eigenvalue weighted by Gasteiger charge is -2.31. The lowest BCUT2D eigenvalue weighted by molar-refractivity contribution is 0.0457. The van der Waals surface area contributed by atoms with Gasteiger partial charge in [0.2, 0.25) is 5.95 Å². The Labute approximate surface area is 165 Å². The zero-order chi connectivity index (χ0) is 19.5. The van der Waals surface area contributed by atoms with E-state index in [1.165, 1.54) is 0 Å². The van der Waals surface area contributed by atoms with E-state index in [1.807, 2.05) is 24.8 Å². The van der Waals surface area contributed by atoms with Crippen LogP contribution in [0.2, 0.25) is 0 Å². The lowest BCUT2D eigenvalue weighted by Crippen LogP contribution is -2.38. The average molecular weight is 380 g/mol. The second-order valence-corrected chi connectivity index (χ2v) is 7.58. The Kier molecular flexibility index (Phi) is 5.52. The number of pyridine rings is 1. The van der Waals surface area contributed by atoms with Gasteiger partial charge in [0, 0.05) is 44.0 Å². The SMILES string of the molecule is CCOC1CCN(c2nccc(Cc3cc4c(cn3)ncn4C(C)C)n2)CC1. The zero-order valence-corrected chi connectivity index (χ0v) is 16.9. The van der Waals surface area contributed by atoms with Gasteiger partial charge < -0.3 is 14.2 Å². The fourth-order valence-electron chi connectivity index (χ4n) is 3.76. The van der Waals surface area contributed by atoms with E-state index in [-0.39, 0.29) is 0 Å². The number of imidazole rings is 1. The first-order valence-electron chi connectivity index (χ1n) is 10.1. The van der Waals surface area contributed by atoms with E-state index in [0.717, 1.165) is 60.9 Å². The molecule has 28 heavy (non-hydrogen) atoms. The molecule has 7 nitrogen and oxygen atoms in total. The predicted molar refractivity (Wildman–Crippen MR) is 110 cm³/mol. The van der Waals surface area contributed by atoms with Crippen LogP contribution in [0.5, 0.6) is 0 Å². The Morgan fingerprint density at radius 2 is 1.96 bits per heavy atom. The second kappa shape index (κ2) is 8.22. The van der Waals surface area contributed by atoms with Crippen molar-refractivity contribution in [2.24, 2.45) is 0 Å². The first-order chi connectivity index (χ1) is 13.6. The van der Waals surface area contributed by atoms with Crippen molar-refractivity contribution in [1.29, 1.82) is 0 Å². The summed E-state index contributed by atoms with van der Waals surface area (Å²) in [5, 5.41) is 0. The summed E-state index contributed by atoms with van der Waals surface area (Å²) in [7, 11) is 0. The first-order valence-corrected chi connectivity index (χ1v) is 10.1. The van der Waals surface area contributed by atoms with Gasteiger partial charge in [-0.1, -0.05) is 0 Å². The summed E-state index contributed by atoms with van der Waals surface area (Å²) in [6.45, 7) is 9.03. The molecule has 3 aromatic rings. The minimum absolute atomic E-state index is 0.366. The van der Waals surface area contributed by atoms with Crippen LogP contribution in [0.25, 0.3) is 11.0 Å². The topological polar surface area (TPSA) is 69.0 Å². The van der Waals surface area contributed by atoms with Gasteiger partial charge in [0.1, 0.15) is 5.52 Å². The number of rotatable bonds is 6. The average Bonchev–Trinajstić information content (AvgIpc) is 3.13. The Morgan fingerprint density at radius 3 is 2.71 bits per heavy atom. The van der Waals surface area contributed by atoms with Crippen LogP contribution in [-0.2, 0) is 11.2 Å². The molecule has 4 heterocycles. The molecule has 1 aliphatic heterocycles. The zero-order valence-electron chi connectivity index (χ0n) is 16.9. The maximum atomic E-state index is 5.74. The van der Waals surface area contributed by atoms with E-state index >= 15 is 0 Å². The number of hydrogen-bond acceptors (Lipinski definition) is 6. The molecule has 148 valence electrons. The monoisotopic (exact) mass is 380 g/mol. The lowest BCUT2D eigenvalue weighted by atomic mass is 10.1. The number of hydrogen-bond donors (Lipinski definition) is 0. The molecule has 4 rings (SSSR count). The van der Waals surface area contributed by atoms with Crippen molar-refractivity contribution in [2.75, 3.05) is 24.6 Å². The molecular formula is C21H28N6O. The molecule has 3 aromatic heterocycles. The molecule has 0 unspecified atom stereocenters. The molecular weight excluding hydrogens is 352 g/mol. The summed E-state index contributed by atoms with van der Waals surface area (Å²) in [5.74, 6) is 0.806. The third-order valence-electron chi connectivity index (χ3n) is 5.26. The number of aromatic nitrogens is 5. The highest BCUT2D eigenvalue weighted by Gasteiger charge is 2.21. The molecule has 0 saturated carbocycles. The number of piperidine rings is 1. The highest BCUT2D eigenvalue weighted by molar-refractivity contribution is 5.74. The summed E-state index contributed by atoms with van der Waals surface area (Å²) < 4.78 is 7.92. The van der Waals surface area contributed by atoms with Gasteiger partial charge >= 0.3 is 0 Å². The second-order valence-electron chi connectivity index (χ2n) is 7.58. The molecule has 0 bridgehead atoms. The largest absolute Gasteiger partial charge is 0.378 e. The summed E-state index contributed by atoms with van der Waals surface area (Å²) in [5.41, 5.74) is 4.03. The minimum atomic E-state index is 0.366. The Hall–Kier alpha value is -2.54. The first kappa shape index (κ1) is 18.8. The Morgan fingerprint density at radius 1 is 1.14 bits per heavy atom. The van der Waals surface area contributed by atoms with Crippen LogP contribution in [0.3, 0.4) is 0 Å². The molecule has 0 N–H and O–H groups in total. The summed E-state index contributed by atoms with van der Waals surface area (Å²) >= 11 is 0. The smallest absolute Gasteiger partial charge is 0.225 e. The summed E-state index contributed by atoms with van der Waals surface area (Å²) in [6.07, 6.45) is 8.69. The van der Waals surface area contributed by atoms with Gasteiger partial charge in [-0.05, 0) is 45.7 Å². The van der Waals surface area contributed by atoms with Crippen LogP contribution in [0.4, 0.5) is 5.95 Å². The van der Waals surface area contributed by atoms with Gasteiger partial charge in [0.15, 0.2) is 0 Å². The van der Waals surface area contributed by atoms with Gasteiger partial charge in [0.05, 0.1) is 29.8 Å². The number of nitrogens with zero attached hydrogens (tertiary/aromatic N) is 6. The van der Waals surface area contributed by atoms with Gasteiger partial charge in [0.25, 0.3) is 0 Å².